The maximum absolute atomic E-state index is 5.32. The molecule has 3 heterocycles. The number of piperazine rings is 1. The SMILES string of the molecule is COc1cccc(N2CCN(c3nc4cccnc4s3)CC2)c1. The van der Waals surface area contributed by atoms with E-state index >= 15 is 0 Å². The standard InChI is InChI=1S/C17H18N4OS/c1-22-14-5-2-4-13(12-14)20-8-10-21(11-9-20)17-19-15-6-3-7-18-16(15)23-17/h2-7,12H,8-11H2,1H3. The normalized spacial score (nSPS) is 15.2. The smallest absolute Gasteiger partial charge is 0.188 e. The number of pyridine rings is 1. The summed E-state index contributed by atoms with van der Waals surface area (Å²) in [6.45, 7) is 3.90. The summed E-state index contributed by atoms with van der Waals surface area (Å²) in [5.41, 5.74) is 2.21. The predicted octanol–water partition coefficient (Wildman–Crippen LogP) is 3.03. The number of fused-ring (bicyclic) bond motifs is 1. The minimum absolute atomic E-state index is 0.905. The number of hydrogen-bond donors (Lipinski definition) is 0. The first kappa shape index (κ1) is 14.3. The van der Waals surface area contributed by atoms with E-state index in [2.05, 4.69) is 26.9 Å². The highest BCUT2D eigenvalue weighted by Gasteiger charge is 2.20. The third-order valence-electron chi connectivity index (χ3n) is 4.12. The monoisotopic (exact) mass is 326 g/mol. The summed E-state index contributed by atoms with van der Waals surface area (Å²) in [7, 11) is 1.71. The van der Waals surface area contributed by atoms with Crippen LogP contribution in [0.3, 0.4) is 0 Å². The van der Waals surface area contributed by atoms with Crippen LogP contribution in [0.1, 0.15) is 0 Å². The molecule has 0 spiro atoms. The minimum atomic E-state index is 0.905. The second-order valence-electron chi connectivity index (χ2n) is 5.50. The molecule has 118 valence electrons. The van der Waals surface area contributed by atoms with Crippen LogP contribution < -0.4 is 14.5 Å². The van der Waals surface area contributed by atoms with E-state index in [1.807, 2.05) is 30.5 Å². The van der Waals surface area contributed by atoms with E-state index in [9.17, 15) is 0 Å². The van der Waals surface area contributed by atoms with Crippen LogP contribution in [0.15, 0.2) is 42.6 Å². The Morgan fingerprint density at radius 1 is 1.04 bits per heavy atom. The van der Waals surface area contributed by atoms with Crippen molar-refractivity contribution in [3.05, 3.63) is 42.6 Å². The van der Waals surface area contributed by atoms with E-state index in [-0.39, 0.29) is 0 Å². The number of benzene rings is 1. The van der Waals surface area contributed by atoms with Gasteiger partial charge in [0.15, 0.2) is 5.13 Å². The molecule has 1 saturated heterocycles. The van der Waals surface area contributed by atoms with Gasteiger partial charge in [-0.2, -0.15) is 0 Å². The molecule has 0 saturated carbocycles. The summed E-state index contributed by atoms with van der Waals surface area (Å²) in [5.74, 6) is 0.905. The van der Waals surface area contributed by atoms with E-state index in [0.717, 1.165) is 47.4 Å². The summed E-state index contributed by atoms with van der Waals surface area (Å²) in [5, 5.41) is 1.07. The van der Waals surface area contributed by atoms with Crippen molar-refractivity contribution in [3.8, 4) is 5.75 Å². The van der Waals surface area contributed by atoms with Gasteiger partial charge in [0.05, 0.1) is 7.11 Å². The van der Waals surface area contributed by atoms with Crippen molar-refractivity contribution in [2.75, 3.05) is 43.1 Å². The summed E-state index contributed by atoms with van der Waals surface area (Å²) in [6, 6.07) is 12.2. The average Bonchev–Trinajstić information content (AvgIpc) is 3.06. The fourth-order valence-electron chi connectivity index (χ4n) is 2.86. The van der Waals surface area contributed by atoms with Crippen LogP contribution in [-0.2, 0) is 0 Å². The Morgan fingerprint density at radius 2 is 1.87 bits per heavy atom. The lowest BCUT2D eigenvalue weighted by Gasteiger charge is -2.36. The molecule has 6 heteroatoms. The van der Waals surface area contributed by atoms with Crippen LogP contribution in [0.5, 0.6) is 5.75 Å². The van der Waals surface area contributed by atoms with E-state index in [1.54, 1.807) is 18.4 Å². The van der Waals surface area contributed by atoms with Crippen LogP contribution in [0, 0.1) is 0 Å². The molecule has 1 aliphatic heterocycles. The average molecular weight is 326 g/mol. The third-order valence-corrected chi connectivity index (χ3v) is 5.16. The van der Waals surface area contributed by atoms with Gasteiger partial charge in [-0.1, -0.05) is 17.4 Å². The predicted molar refractivity (Wildman–Crippen MR) is 94.8 cm³/mol. The number of aromatic nitrogens is 2. The van der Waals surface area contributed by atoms with Crippen molar-refractivity contribution in [2.45, 2.75) is 0 Å². The van der Waals surface area contributed by atoms with Gasteiger partial charge in [-0.05, 0) is 24.3 Å². The van der Waals surface area contributed by atoms with Crippen molar-refractivity contribution in [1.82, 2.24) is 9.97 Å². The molecular weight excluding hydrogens is 308 g/mol. The fraction of sp³-hybridized carbons (Fsp3) is 0.294. The Hall–Kier alpha value is -2.34. The number of hydrogen-bond acceptors (Lipinski definition) is 6. The van der Waals surface area contributed by atoms with Crippen LogP contribution in [0.25, 0.3) is 10.3 Å². The minimum Gasteiger partial charge on any atom is -0.497 e. The molecular formula is C17H18N4OS. The Morgan fingerprint density at radius 3 is 2.65 bits per heavy atom. The van der Waals surface area contributed by atoms with Crippen molar-refractivity contribution in [3.63, 3.8) is 0 Å². The molecule has 0 bridgehead atoms. The fourth-order valence-corrected chi connectivity index (χ4v) is 3.82. The molecule has 0 atom stereocenters. The Kier molecular flexibility index (Phi) is 3.75. The lowest BCUT2D eigenvalue weighted by molar-refractivity contribution is 0.414. The zero-order valence-electron chi connectivity index (χ0n) is 13.0. The van der Waals surface area contributed by atoms with Gasteiger partial charge in [0.2, 0.25) is 0 Å². The van der Waals surface area contributed by atoms with Crippen molar-refractivity contribution < 1.29 is 4.74 Å². The molecule has 5 nitrogen and oxygen atoms in total. The van der Waals surface area contributed by atoms with Crippen molar-refractivity contribution in [2.24, 2.45) is 0 Å². The van der Waals surface area contributed by atoms with Crippen molar-refractivity contribution in [1.29, 1.82) is 0 Å². The molecule has 1 aliphatic rings. The molecule has 0 N–H and O–H groups in total. The van der Waals surface area contributed by atoms with Crippen LogP contribution in [0.2, 0.25) is 0 Å². The highest BCUT2D eigenvalue weighted by Crippen LogP contribution is 2.29. The van der Waals surface area contributed by atoms with E-state index in [1.165, 1.54) is 5.69 Å². The van der Waals surface area contributed by atoms with Gasteiger partial charge in [-0.25, -0.2) is 9.97 Å². The van der Waals surface area contributed by atoms with Gasteiger partial charge in [0.25, 0.3) is 0 Å². The van der Waals surface area contributed by atoms with Crippen LogP contribution in [-0.4, -0.2) is 43.3 Å². The summed E-state index contributed by atoms with van der Waals surface area (Å²) in [4.78, 5) is 14.8. The number of ether oxygens (including phenoxy) is 1. The number of thiazole rings is 1. The molecule has 3 aromatic rings. The first-order valence-corrected chi connectivity index (χ1v) is 8.50. The molecule has 0 unspecified atom stereocenters. The lowest BCUT2D eigenvalue weighted by Crippen LogP contribution is -2.46. The van der Waals surface area contributed by atoms with Gasteiger partial charge in [0.1, 0.15) is 16.1 Å². The topological polar surface area (TPSA) is 41.5 Å². The number of nitrogens with zero attached hydrogens (tertiary/aromatic N) is 4. The summed E-state index contributed by atoms with van der Waals surface area (Å²) < 4.78 is 5.32. The summed E-state index contributed by atoms with van der Waals surface area (Å²) >= 11 is 1.67. The summed E-state index contributed by atoms with van der Waals surface area (Å²) in [6.07, 6.45) is 1.82. The van der Waals surface area contributed by atoms with Gasteiger partial charge in [0, 0.05) is 44.1 Å². The molecule has 2 aromatic heterocycles. The first-order chi connectivity index (χ1) is 11.3. The van der Waals surface area contributed by atoms with Gasteiger partial charge in [-0.15, -0.1) is 0 Å². The maximum Gasteiger partial charge on any atom is 0.188 e. The van der Waals surface area contributed by atoms with Crippen LogP contribution >= 0.6 is 11.3 Å². The highest BCUT2D eigenvalue weighted by atomic mass is 32.1. The van der Waals surface area contributed by atoms with Crippen molar-refractivity contribution >= 4 is 32.5 Å². The Bertz CT molecular complexity index is 778. The Balaban J connectivity index is 1.48. The number of methoxy groups -OCH3 is 1. The second-order valence-corrected chi connectivity index (χ2v) is 6.46. The third kappa shape index (κ3) is 2.82. The number of rotatable bonds is 3. The molecule has 0 amide bonds. The molecule has 1 aromatic carbocycles. The molecule has 23 heavy (non-hydrogen) atoms. The first-order valence-electron chi connectivity index (χ1n) is 7.69. The molecule has 4 rings (SSSR count). The number of anilines is 2. The van der Waals surface area contributed by atoms with Gasteiger partial charge in [-0.3, -0.25) is 0 Å². The van der Waals surface area contributed by atoms with Gasteiger partial charge >= 0.3 is 0 Å². The van der Waals surface area contributed by atoms with E-state index in [0.29, 0.717) is 0 Å². The highest BCUT2D eigenvalue weighted by molar-refractivity contribution is 7.21. The Labute approximate surface area is 139 Å². The largest absolute Gasteiger partial charge is 0.497 e. The lowest BCUT2D eigenvalue weighted by atomic mass is 10.2. The quantitative estimate of drug-likeness (QED) is 0.740. The molecule has 0 radical (unpaired) electrons. The molecule has 1 fully saturated rings. The van der Waals surface area contributed by atoms with E-state index in [4.69, 9.17) is 9.72 Å². The van der Waals surface area contributed by atoms with E-state index < -0.39 is 0 Å². The maximum atomic E-state index is 5.32. The zero-order chi connectivity index (χ0) is 15.6. The molecule has 0 aliphatic carbocycles. The second kappa shape index (κ2) is 6.04. The zero-order valence-corrected chi connectivity index (χ0v) is 13.8. The van der Waals surface area contributed by atoms with Crippen LogP contribution in [0.4, 0.5) is 10.8 Å². The van der Waals surface area contributed by atoms with Gasteiger partial charge < -0.3 is 14.5 Å².